The summed E-state index contributed by atoms with van der Waals surface area (Å²) in [6, 6.07) is 18.5. The molecule has 1 unspecified atom stereocenters. The Bertz CT molecular complexity index is 865. The van der Waals surface area contributed by atoms with Crippen molar-refractivity contribution in [1.29, 1.82) is 0 Å². The van der Waals surface area contributed by atoms with Crippen LogP contribution < -0.4 is 4.74 Å². The molecule has 1 aliphatic heterocycles. The molecule has 1 atom stereocenters. The molecule has 22 heavy (non-hydrogen) atoms. The van der Waals surface area contributed by atoms with Crippen molar-refractivity contribution in [3.8, 4) is 11.5 Å². The molecule has 0 fully saturated rings. The first-order valence-corrected chi connectivity index (χ1v) is 7.23. The number of rotatable bonds is 1. The van der Waals surface area contributed by atoms with Gasteiger partial charge in [0.2, 0.25) is 0 Å². The van der Waals surface area contributed by atoms with Crippen LogP contribution in [0.3, 0.4) is 0 Å². The molecular formula is C19H14O3. The molecule has 0 saturated heterocycles. The molecule has 108 valence electrons. The molecular weight excluding hydrogens is 276 g/mol. The number of Topliss-reactive ketones (excluding diaryl/α,β-unsaturated/α-hetero) is 1. The minimum atomic E-state index is -0.304. The van der Waals surface area contributed by atoms with Crippen molar-refractivity contribution < 1.29 is 14.6 Å². The Hall–Kier alpha value is -2.81. The third kappa shape index (κ3) is 2.02. The highest BCUT2D eigenvalue weighted by atomic mass is 16.5. The number of phenols is 1. The van der Waals surface area contributed by atoms with E-state index in [4.69, 9.17) is 4.74 Å². The summed E-state index contributed by atoms with van der Waals surface area (Å²) in [6.45, 7) is 0. The number of fused-ring (bicyclic) bond motifs is 3. The summed E-state index contributed by atoms with van der Waals surface area (Å²) in [5, 5.41) is 11.4. The second-order valence-corrected chi connectivity index (χ2v) is 5.49. The molecule has 0 amide bonds. The normalized spacial score (nSPS) is 17.1. The Labute approximate surface area is 127 Å². The van der Waals surface area contributed by atoms with Crippen molar-refractivity contribution in [3.05, 3.63) is 71.8 Å². The first-order valence-electron chi connectivity index (χ1n) is 7.23. The van der Waals surface area contributed by atoms with E-state index in [9.17, 15) is 9.90 Å². The largest absolute Gasteiger partial charge is 0.508 e. The molecule has 1 aliphatic rings. The van der Waals surface area contributed by atoms with Gasteiger partial charge in [-0.1, -0.05) is 42.5 Å². The van der Waals surface area contributed by atoms with Crippen molar-refractivity contribution in [1.82, 2.24) is 0 Å². The number of carbonyl (C=O) groups is 1. The van der Waals surface area contributed by atoms with Crippen LogP contribution in [0.15, 0.2) is 60.7 Å². The van der Waals surface area contributed by atoms with Gasteiger partial charge in [-0.15, -0.1) is 0 Å². The lowest BCUT2D eigenvalue weighted by Crippen LogP contribution is -2.20. The Balaban J connectivity index is 1.79. The van der Waals surface area contributed by atoms with Gasteiger partial charge in [-0.3, -0.25) is 4.79 Å². The number of phenolic OH excluding ortho intramolecular Hbond substituents is 1. The summed E-state index contributed by atoms with van der Waals surface area (Å²) in [5.74, 6) is 0.932. The Morgan fingerprint density at radius 1 is 0.955 bits per heavy atom. The Morgan fingerprint density at radius 3 is 2.55 bits per heavy atom. The number of aromatic hydroxyl groups is 1. The zero-order valence-corrected chi connectivity index (χ0v) is 11.8. The minimum absolute atomic E-state index is 0.0936. The molecule has 0 aliphatic carbocycles. The second-order valence-electron chi connectivity index (χ2n) is 5.49. The van der Waals surface area contributed by atoms with Gasteiger partial charge in [0.25, 0.3) is 0 Å². The molecule has 4 rings (SSSR count). The number of hydrogen-bond donors (Lipinski definition) is 1. The highest BCUT2D eigenvalue weighted by molar-refractivity contribution is 6.11. The monoisotopic (exact) mass is 290 g/mol. The van der Waals surface area contributed by atoms with E-state index in [0.29, 0.717) is 17.7 Å². The summed E-state index contributed by atoms with van der Waals surface area (Å²) >= 11 is 0. The molecule has 0 saturated carbocycles. The molecule has 0 bridgehead atoms. The van der Waals surface area contributed by atoms with Gasteiger partial charge >= 0.3 is 0 Å². The van der Waals surface area contributed by atoms with Gasteiger partial charge in [0, 0.05) is 0 Å². The van der Waals surface area contributed by atoms with Crippen molar-refractivity contribution >= 4 is 16.6 Å². The van der Waals surface area contributed by atoms with Gasteiger partial charge in [-0.25, -0.2) is 0 Å². The topological polar surface area (TPSA) is 46.5 Å². The predicted molar refractivity (Wildman–Crippen MR) is 84.4 cm³/mol. The SMILES string of the molecule is O=C1CC(c2ccc(O)cc2)Oc2ccc3ccccc3c21. The highest BCUT2D eigenvalue weighted by Crippen LogP contribution is 2.38. The molecule has 0 aromatic heterocycles. The lowest BCUT2D eigenvalue weighted by molar-refractivity contribution is 0.0853. The Morgan fingerprint density at radius 2 is 1.73 bits per heavy atom. The summed E-state index contributed by atoms with van der Waals surface area (Å²) < 4.78 is 6.03. The molecule has 1 N–H and O–H groups in total. The van der Waals surface area contributed by atoms with Gasteiger partial charge in [-0.05, 0) is 34.5 Å². The Kier molecular flexibility index (Phi) is 2.86. The maximum absolute atomic E-state index is 12.6. The van der Waals surface area contributed by atoms with Crippen LogP contribution >= 0.6 is 0 Å². The van der Waals surface area contributed by atoms with E-state index >= 15 is 0 Å². The summed E-state index contributed by atoms with van der Waals surface area (Å²) in [6.07, 6.45) is 0.00737. The smallest absolute Gasteiger partial charge is 0.171 e. The lowest BCUT2D eigenvalue weighted by Gasteiger charge is -2.26. The fourth-order valence-corrected chi connectivity index (χ4v) is 2.98. The van der Waals surface area contributed by atoms with E-state index in [0.717, 1.165) is 16.3 Å². The van der Waals surface area contributed by atoms with Crippen LogP contribution in [0.4, 0.5) is 0 Å². The van der Waals surface area contributed by atoms with Crippen molar-refractivity contribution in [2.24, 2.45) is 0 Å². The molecule has 3 nitrogen and oxygen atoms in total. The number of hydrogen-bond acceptors (Lipinski definition) is 3. The maximum Gasteiger partial charge on any atom is 0.171 e. The van der Waals surface area contributed by atoms with E-state index in [2.05, 4.69) is 0 Å². The summed E-state index contributed by atoms with van der Waals surface area (Å²) in [5.41, 5.74) is 1.57. The first kappa shape index (κ1) is 12.9. The van der Waals surface area contributed by atoms with Gasteiger partial charge in [0.05, 0.1) is 12.0 Å². The minimum Gasteiger partial charge on any atom is -0.508 e. The highest BCUT2D eigenvalue weighted by Gasteiger charge is 2.29. The van der Waals surface area contributed by atoms with E-state index in [1.54, 1.807) is 24.3 Å². The zero-order valence-electron chi connectivity index (χ0n) is 11.8. The first-order chi connectivity index (χ1) is 10.7. The lowest BCUT2D eigenvalue weighted by atomic mass is 9.92. The second kappa shape index (κ2) is 4.88. The molecule has 3 aromatic rings. The third-order valence-electron chi connectivity index (χ3n) is 4.07. The zero-order chi connectivity index (χ0) is 15.1. The van der Waals surface area contributed by atoms with Gasteiger partial charge in [0.15, 0.2) is 5.78 Å². The summed E-state index contributed by atoms with van der Waals surface area (Å²) in [7, 11) is 0. The van der Waals surface area contributed by atoms with Gasteiger partial charge < -0.3 is 9.84 Å². The van der Waals surface area contributed by atoms with E-state index in [1.807, 2.05) is 36.4 Å². The van der Waals surface area contributed by atoms with Crippen LogP contribution in [-0.4, -0.2) is 10.9 Å². The fraction of sp³-hybridized carbons (Fsp3) is 0.105. The molecule has 0 radical (unpaired) electrons. The van der Waals surface area contributed by atoms with E-state index < -0.39 is 0 Å². The molecule has 1 heterocycles. The number of benzene rings is 3. The van der Waals surface area contributed by atoms with Crippen molar-refractivity contribution in [2.75, 3.05) is 0 Å². The quantitative estimate of drug-likeness (QED) is 0.728. The summed E-state index contributed by atoms with van der Waals surface area (Å²) in [4.78, 5) is 12.6. The maximum atomic E-state index is 12.6. The molecule has 3 aromatic carbocycles. The molecule has 3 heteroatoms. The van der Waals surface area contributed by atoms with Crippen LogP contribution in [0.5, 0.6) is 11.5 Å². The van der Waals surface area contributed by atoms with Crippen LogP contribution in [-0.2, 0) is 0 Å². The van der Waals surface area contributed by atoms with E-state index in [-0.39, 0.29) is 17.6 Å². The van der Waals surface area contributed by atoms with Gasteiger partial charge in [-0.2, -0.15) is 0 Å². The number of ether oxygens (including phenoxy) is 1. The van der Waals surface area contributed by atoms with E-state index in [1.165, 1.54) is 0 Å². The standard InChI is InChI=1S/C19H14O3/c20-14-8-5-13(6-9-14)18-11-16(21)19-15-4-2-1-3-12(15)7-10-17(19)22-18/h1-10,18,20H,11H2. The number of carbonyl (C=O) groups excluding carboxylic acids is 1. The molecule has 0 spiro atoms. The average molecular weight is 290 g/mol. The van der Waals surface area contributed by atoms with Gasteiger partial charge in [0.1, 0.15) is 17.6 Å². The van der Waals surface area contributed by atoms with Crippen LogP contribution in [0.25, 0.3) is 10.8 Å². The predicted octanol–water partition coefficient (Wildman–Crippen LogP) is 4.25. The third-order valence-corrected chi connectivity index (χ3v) is 4.07. The van der Waals surface area contributed by atoms with Crippen molar-refractivity contribution in [2.45, 2.75) is 12.5 Å². The van der Waals surface area contributed by atoms with Crippen LogP contribution in [0.2, 0.25) is 0 Å². The van der Waals surface area contributed by atoms with Crippen LogP contribution in [0, 0.1) is 0 Å². The fourth-order valence-electron chi connectivity index (χ4n) is 2.98. The van der Waals surface area contributed by atoms with Crippen LogP contribution in [0.1, 0.15) is 28.4 Å². The average Bonchev–Trinajstić information content (AvgIpc) is 2.55. The van der Waals surface area contributed by atoms with Crippen molar-refractivity contribution in [3.63, 3.8) is 0 Å². The number of ketones is 1.